The number of nitrogens with one attached hydrogen (secondary N) is 1. The molecule has 0 fully saturated rings. The molecule has 5 aromatic rings. The van der Waals surface area contributed by atoms with Gasteiger partial charge in [-0.15, -0.1) is 0 Å². The Kier molecular flexibility index (Phi) is 7.12. The average Bonchev–Trinajstić information content (AvgIpc) is 2.93. The van der Waals surface area contributed by atoms with Gasteiger partial charge in [0.15, 0.2) is 0 Å². The number of carboxylic acid groups (broad SMARTS) is 1. The number of rotatable bonds is 8. The van der Waals surface area contributed by atoms with E-state index in [1.54, 1.807) is 0 Å². The van der Waals surface area contributed by atoms with E-state index in [1.807, 2.05) is 103 Å². The second kappa shape index (κ2) is 10.6. The lowest BCUT2D eigenvalue weighted by atomic mass is 9.76. The molecule has 0 saturated carbocycles. The highest BCUT2D eigenvalue weighted by molar-refractivity contribution is 9.10. The molecule has 4 nitrogen and oxygen atoms in total. The molecule has 37 heavy (non-hydrogen) atoms. The van der Waals surface area contributed by atoms with Gasteiger partial charge in [0, 0.05) is 9.86 Å². The third-order valence-electron chi connectivity index (χ3n) is 6.59. The van der Waals surface area contributed by atoms with Crippen molar-refractivity contribution in [1.29, 1.82) is 0 Å². The second-order valence-corrected chi connectivity index (χ2v) is 9.70. The monoisotopic (exact) mass is 554 g/mol. The maximum atomic E-state index is 14.2. The molecule has 1 atom stereocenters. The summed E-state index contributed by atoms with van der Waals surface area (Å²) in [5.74, 6) is -1.48. The van der Waals surface area contributed by atoms with Crippen molar-refractivity contribution in [1.82, 2.24) is 10.3 Å². The Morgan fingerprint density at radius 1 is 0.865 bits per heavy atom. The Bertz CT molecular complexity index is 1430. The molecular formula is C31H24BrFN2O2. The maximum Gasteiger partial charge on any atom is 0.321 e. The fourth-order valence-electron chi connectivity index (χ4n) is 4.89. The number of benzene rings is 4. The van der Waals surface area contributed by atoms with Gasteiger partial charge >= 0.3 is 5.97 Å². The van der Waals surface area contributed by atoms with Crippen molar-refractivity contribution in [2.75, 3.05) is 0 Å². The van der Waals surface area contributed by atoms with Crippen molar-refractivity contribution >= 4 is 32.8 Å². The molecule has 1 heterocycles. The van der Waals surface area contributed by atoms with Crippen LogP contribution in [0.5, 0.6) is 0 Å². The number of carboxylic acids is 1. The van der Waals surface area contributed by atoms with Crippen molar-refractivity contribution in [3.63, 3.8) is 0 Å². The number of pyridine rings is 1. The van der Waals surface area contributed by atoms with E-state index in [4.69, 9.17) is 0 Å². The van der Waals surface area contributed by atoms with Crippen LogP contribution in [0.4, 0.5) is 4.39 Å². The molecule has 0 bridgehead atoms. The predicted octanol–water partition coefficient (Wildman–Crippen LogP) is 6.71. The summed E-state index contributed by atoms with van der Waals surface area (Å²) >= 11 is 3.47. The summed E-state index contributed by atoms with van der Waals surface area (Å²) in [5, 5.41) is 14.6. The van der Waals surface area contributed by atoms with E-state index >= 15 is 0 Å². The van der Waals surface area contributed by atoms with E-state index in [2.05, 4.69) is 26.2 Å². The molecule has 1 aromatic heterocycles. The number of hydrogen-bond acceptors (Lipinski definition) is 3. The summed E-state index contributed by atoms with van der Waals surface area (Å²) in [6.07, 6.45) is 1.29. The minimum atomic E-state index is -1.01. The number of nitrogens with zero attached hydrogens (tertiary/aromatic N) is 1. The third-order valence-corrected chi connectivity index (χ3v) is 7.23. The minimum absolute atomic E-state index is 0.124. The molecule has 4 aromatic carbocycles. The Hall–Kier alpha value is -3.87. The van der Waals surface area contributed by atoms with Crippen LogP contribution in [-0.4, -0.2) is 22.1 Å². The molecule has 0 aliphatic carbocycles. The molecule has 2 N–H and O–H groups in total. The number of aromatic nitrogens is 1. The van der Waals surface area contributed by atoms with Crippen LogP contribution in [-0.2, 0) is 16.8 Å². The Morgan fingerprint density at radius 3 is 1.86 bits per heavy atom. The van der Waals surface area contributed by atoms with Gasteiger partial charge in [-0.25, -0.2) is 4.39 Å². The van der Waals surface area contributed by atoms with Gasteiger partial charge in [0.25, 0.3) is 0 Å². The molecule has 1 unspecified atom stereocenters. The van der Waals surface area contributed by atoms with Gasteiger partial charge < -0.3 is 5.11 Å². The van der Waals surface area contributed by atoms with Crippen LogP contribution >= 0.6 is 15.9 Å². The molecule has 0 amide bonds. The SMILES string of the molecule is O=C(O)C(Cc1ccc(Br)c2ncc(F)cc12)NC(c1ccccc1)(c1ccccc1)c1ccccc1. The first kappa shape index (κ1) is 24.8. The molecule has 0 saturated heterocycles. The Labute approximate surface area is 223 Å². The molecule has 0 aliphatic rings. The summed E-state index contributed by atoms with van der Waals surface area (Å²) in [4.78, 5) is 17.0. The third kappa shape index (κ3) is 4.90. The molecule has 0 aliphatic heterocycles. The molecule has 5 rings (SSSR count). The van der Waals surface area contributed by atoms with Gasteiger partial charge in [-0.05, 0) is 56.7 Å². The zero-order valence-corrected chi connectivity index (χ0v) is 21.4. The zero-order chi connectivity index (χ0) is 25.8. The van der Waals surface area contributed by atoms with Crippen LogP contribution in [0, 0.1) is 5.82 Å². The van der Waals surface area contributed by atoms with Crippen molar-refractivity contribution in [2.24, 2.45) is 0 Å². The maximum absolute atomic E-state index is 14.2. The lowest BCUT2D eigenvalue weighted by Gasteiger charge is -2.39. The predicted molar refractivity (Wildman–Crippen MR) is 147 cm³/mol. The van der Waals surface area contributed by atoms with Gasteiger partial charge in [0.2, 0.25) is 0 Å². The summed E-state index contributed by atoms with van der Waals surface area (Å²) in [7, 11) is 0. The Morgan fingerprint density at radius 2 is 1.38 bits per heavy atom. The summed E-state index contributed by atoms with van der Waals surface area (Å²) in [6.45, 7) is 0. The van der Waals surface area contributed by atoms with E-state index in [-0.39, 0.29) is 6.42 Å². The fourth-order valence-corrected chi connectivity index (χ4v) is 5.34. The van der Waals surface area contributed by atoms with Gasteiger partial charge in [0.1, 0.15) is 11.9 Å². The van der Waals surface area contributed by atoms with Gasteiger partial charge in [-0.2, -0.15) is 0 Å². The first-order chi connectivity index (χ1) is 18.0. The normalized spacial score (nSPS) is 12.4. The fraction of sp³-hybridized carbons (Fsp3) is 0.0968. The van der Waals surface area contributed by atoms with Crippen LogP contribution in [0.2, 0.25) is 0 Å². The minimum Gasteiger partial charge on any atom is -0.480 e. The number of aliphatic carboxylic acids is 1. The number of hydrogen-bond donors (Lipinski definition) is 2. The molecule has 6 heteroatoms. The van der Waals surface area contributed by atoms with Crippen LogP contribution in [0.3, 0.4) is 0 Å². The first-order valence-electron chi connectivity index (χ1n) is 11.9. The highest BCUT2D eigenvalue weighted by atomic mass is 79.9. The van der Waals surface area contributed by atoms with Crippen molar-refractivity contribution in [2.45, 2.75) is 18.0 Å². The van der Waals surface area contributed by atoms with Crippen molar-refractivity contribution in [3.05, 3.63) is 148 Å². The lowest BCUT2D eigenvalue weighted by molar-refractivity contribution is -0.139. The Balaban J connectivity index is 1.68. The van der Waals surface area contributed by atoms with Crippen LogP contribution in [0.25, 0.3) is 10.9 Å². The first-order valence-corrected chi connectivity index (χ1v) is 12.7. The molecule has 0 radical (unpaired) electrons. The van der Waals surface area contributed by atoms with Crippen molar-refractivity contribution in [3.8, 4) is 0 Å². The second-order valence-electron chi connectivity index (χ2n) is 8.84. The van der Waals surface area contributed by atoms with Gasteiger partial charge in [0.05, 0.1) is 17.3 Å². The molecular weight excluding hydrogens is 531 g/mol. The van der Waals surface area contributed by atoms with Crippen molar-refractivity contribution < 1.29 is 14.3 Å². The van der Waals surface area contributed by atoms with Gasteiger partial charge in [-0.3, -0.25) is 15.1 Å². The summed E-state index contributed by atoms with van der Waals surface area (Å²) in [6, 6.07) is 33.5. The van der Waals surface area contributed by atoms with E-state index < -0.39 is 23.4 Å². The van der Waals surface area contributed by atoms with Crippen LogP contribution < -0.4 is 5.32 Å². The van der Waals surface area contributed by atoms with E-state index in [0.29, 0.717) is 16.5 Å². The lowest BCUT2D eigenvalue weighted by Crippen LogP contribution is -2.53. The van der Waals surface area contributed by atoms with Gasteiger partial charge in [-0.1, -0.05) is 97.1 Å². The van der Waals surface area contributed by atoms with Crippen LogP contribution in [0.15, 0.2) is 120 Å². The largest absolute Gasteiger partial charge is 0.480 e. The van der Waals surface area contributed by atoms with E-state index in [9.17, 15) is 14.3 Å². The van der Waals surface area contributed by atoms with E-state index in [1.165, 1.54) is 6.07 Å². The molecule has 184 valence electrons. The number of fused-ring (bicyclic) bond motifs is 1. The standard InChI is InChI=1S/C31H24BrFN2O2/c32-27-17-16-21(26-19-25(33)20-34-29(26)27)18-28(30(36)37)35-31(22-10-4-1-5-11-22,23-12-6-2-7-13-23)24-14-8-3-9-15-24/h1-17,19-20,28,35H,18H2,(H,36,37). The summed E-state index contributed by atoms with van der Waals surface area (Å²) in [5.41, 5.74) is 3.05. The van der Waals surface area contributed by atoms with Crippen LogP contribution in [0.1, 0.15) is 22.3 Å². The highest BCUT2D eigenvalue weighted by Crippen LogP contribution is 2.38. The quantitative estimate of drug-likeness (QED) is 0.209. The number of halogens is 2. The number of carbonyl (C=O) groups is 1. The highest BCUT2D eigenvalue weighted by Gasteiger charge is 2.40. The van der Waals surface area contributed by atoms with E-state index in [0.717, 1.165) is 27.4 Å². The zero-order valence-electron chi connectivity index (χ0n) is 19.8. The molecule has 0 spiro atoms. The smallest absolute Gasteiger partial charge is 0.321 e. The summed E-state index contributed by atoms with van der Waals surface area (Å²) < 4.78 is 14.9. The topological polar surface area (TPSA) is 62.2 Å². The average molecular weight is 555 g/mol.